The second-order valence-electron chi connectivity index (χ2n) is 6.79. The van der Waals surface area contributed by atoms with E-state index in [-0.39, 0.29) is 12.1 Å². The lowest BCUT2D eigenvalue weighted by Crippen LogP contribution is -2.41. The predicted octanol–water partition coefficient (Wildman–Crippen LogP) is 1.37. The average molecular weight is 269 g/mol. The van der Waals surface area contributed by atoms with Crippen LogP contribution < -0.4 is 16.4 Å². The third-order valence-corrected chi connectivity index (χ3v) is 3.88. The van der Waals surface area contributed by atoms with E-state index < -0.39 is 5.60 Å². The Bertz CT molecular complexity index is 327. The van der Waals surface area contributed by atoms with Crippen LogP contribution in [0.15, 0.2) is 0 Å². The topological polar surface area (TPSA) is 76.4 Å². The highest BCUT2D eigenvalue weighted by Gasteiger charge is 2.42. The van der Waals surface area contributed by atoms with Crippen LogP contribution in [0.3, 0.4) is 0 Å². The van der Waals surface area contributed by atoms with E-state index in [1.165, 1.54) is 19.3 Å². The summed E-state index contributed by atoms with van der Waals surface area (Å²) < 4.78 is 5.25. The van der Waals surface area contributed by atoms with Crippen molar-refractivity contribution in [2.45, 2.75) is 70.2 Å². The number of rotatable bonds is 4. The van der Waals surface area contributed by atoms with Gasteiger partial charge in [0.25, 0.3) is 0 Å². The van der Waals surface area contributed by atoms with Crippen LogP contribution >= 0.6 is 0 Å². The summed E-state index contributed by atoms with van der Waals surface area (Å²) in [4.78, 5) is 11.6. The molecule has 4 unspecified atom stereocenters. The number of nitrogens with two attached hydrogens (primary N) is 1. The molecule has 0 spiro atoms. The van der Waals surface area contributed by atoms with Crippen LogP contribution in [-0.2, 0) is 4.74 Å². The van der Waals surface area contributed by atoms with Crippen molar-refractivity contribution < 1.29 is 9.53 Å². The summed E-state index contributed by atoms with van der Waals surface area (Å²) in [5, 5.41) is 6.53. The van der Waals surface area contributed by atoms with E-state index in [0.717, 1.165) is 13.0 Å². The lowest BCUT2D eigenvalue weighted by molar-refractivity contribution is 0.0521. The summed E-state index contributed by atoms with van der Waals surface area (Å²) in [5.41, 5.74) is 5.34. The van der Waals surface area contributed by atoms with Crippen LogP contribution in [0, 0.1) is 5.92 Å². The third kappa shape index (κ3) is 4.35. The summed E-state index contributed by atoms with van der Waals surface area (Å²) in [6.45, 7) is 6.38. The minimum Gasteiger partial charge on any atom is -0.444 e. The van der Waals surface area contributed by atoms with Crippen LogP contribution in [0.4, 0.5) is 4.79 Å². The number of hydrogen-bond acceptors (Lipinski definition) is 4. The van der Waals surface area contributed by atoms with Gasteiger partial charge in [0.2, 0.25) is 0 Å². The molecular weight excluding hydrogens is 242 g/mol. The van der Waals surface area contributed by atoms with Gasteiger partial charge in [-0.3, -0.25) is 0 Å². The molecule has 5 heteroatoms. The zero-order chi connectivity index (χ0) is 14.0. The monoisotopic (exact) mass is 269 g/mol. The molecule has 2 rings (SSSR count). The van der Waals surface area contributed by atoms with E-state index in [2.05, 4.69) is 10.6 Å². The maximum absolute atomic E-state index is 11.6. The molecule has 1 amide bonds. The minimum atomic E-state index is -0.433. The largest absolute Gasteiger partial charge is 0.444 e. The van der Waals surface area contributed by atoms with Crippen LogP contribution in [-0.4, -0.2) is 36.4 Å². The first-order valence-corrected chi connectivity index (χ1v) is 7.34. The fourth-order valence-electron chi connectivity index (χ4n) is 2.81. The molecule has 19 heavy (non-hydrogen) atoms. The third-order valence-electron chi connectivity index (χ3n) is 3.88. The zero-order valence-corrected chi connectivity index (χ0v) is 12.2. The quantitative estimate of drug-likeness (QED) is 0.720. The molecule has 4 N–H and O–H groups in total. The van der Waals surface area contributed by atoms with E-state index >= 15 is 0 Å². The first-order chi connectivity index (χ1) is 8.89. The number of hydrogen-bond donors (Lipinski definition) is 3. The maximum Gasteiger partial charge on any atom is 0.407 e. The Hall–Kier alpha value is -0.810. The number of carbonyl (C=O) groups is 1. The van der Waals surface area contributed by atoms with Crippen molar-refractivity contribution in [1.82, 2.24) is 10.6 Å². The fourth-order valence-corrected chi connectivity index (χ4v) is 2.81. The number of carbonyl (C=O) groups excluding carboxylic acids is 1. The molecule has 2 aliphatic rings. The highest BCUT2D eigenvalue weighted by molar-refractivity contribution is 5.68. The fraction of sp³-hybridized carbons (Fsp3) is 0.929. The smallest absolute Gasteiger partial charge is 0.407 e. The average Bonchev–Trinajstić information content (AvgIpc) is 2.84. The SMILES string of the molecule is CC(C)(C)OC(=O)NC1CC1NC1CCCC1CN. The highest BCUT2D eigenvalue weighted by Crippen LogP contribution is 2.29. The Morgan fingerprint density at radius 1 is 1.26 bits per heavy atom. The molecule has 0 radical (unpaired) electrons. The summed E-state index contributed by atoms with van der Waals surface area (Å²) in [6.07, 6.45) is 4.37. The van der Waals surface area contributed by atoms with E-state index in [9.17, 15) is 4.79 Å². The van der Waals surface area contributed by atoms with Crippen molar-refractivity contribution in [2.75, 3.05) is 6.54 Å². The Labute approximate surface area is 115 Å². The molecule has 0 aromatic rings. The molecule has 0 aromatic carbocycles. The van der Waals surface area contributed by atoms with Gasteiger partial charge in [-0.1, -0.05) is 6.42 Å². The second kappa shape index (κ2) is 5.67. The van der Waals surface area contributed by atoms with Gasteiger partial charge in [0.1, 0.15) is 5.60 Å². The molecule has 2 fully saturated rings. The van der Waals surface area contributed by atoms with E-state index in [1.807, 2.05) is 20.8 Å². The second-order valence-corrected chi connectivity index (χ2v) is 6.79. The molecule has 4 atom stereocenters. The van der Waals surface area contributed by atoms with Gasteiger partial charge in [-0.05, 0) is 52.5 Å². The number of ether oxygens (including phenoxy) is 1. The lowest BCUT2D eigenvalue weighted by Gasteiger charge is -2.21. The maximum atomic E-state index is 11.6. The molecular formula is C14H27N3O2. The first-order valence-electron chi connectivity index (χ1n) is 7.34. The van der Waals surface area contributed by atoms with Crippen molar-refractivity contribution in [2.24, 2.45) is 11.7 Å². The van der Waals surface area contributed by atoms with Gasteiger partial charge in [-0.2, -0.15) is 0 Å². The van der Waals surface area contributed by atoms with Crippen LogP contribution in [0.5, 0.6) is 0 Å². The summed E-state index contributed by atoms with van der Waals surface area (Å²) in [5.74, 6) is 0.600. The molecule has 2 saturated carbocycles. The summed E-state index contributed by atoms with van der Waals surface area (Å²) in [6, 6.07) is 1.14. The van der Waals surface area contributed by atoms with Crippen molar-refractivity contribution in [3.05, 3.63) is 0 Å². The van der Waals surface area contributed by atoms with Gasteiger partial charge in [0.15, 0.2) is 0 Å². The molecule has 110 valence electrons. The number of alkyl carbamates (subject to hydrolysis) is 1. The summed E-state index contributed by atoms with van der Waals surface area (Å²) >= 11 is 0. The van der Waals surface area contributed by atoms with Crippen molar-refractivity contribution in [1.29, 1.82) is 0 Å². The van der Waals surface area contributed by atoms with E-state index in [4.69, 9.17) is 10.5 Å². The molecule has 2 aliphatic carbocycles. The van der Waals surface area contributed by atoms with E-state index in [1.54, 1.807) is 0 Å². The van der Waals surface area contributed by atoms with Crippen LogP contribution in [0.1, 0.15) is 46.5 Å². The van der Waals surface area contributed by atoms with Crippen LogP contribution in [0.2, 0.25) is 0 Å². The zero-order valence-electron chi connectivity index (χ0n) is 12.2. The molecule has 0 saturated heterocycles. The molecule has 0 aromatic heterocycles. The van der Waals surface area contributed by atoms with Crippen LogP contribution in [0.25, 0.3) is 0 Å². The van der Waals surface area contributed by atoms with Crippen molar-refractivity contribution in [3.63, 3.8) is 0 Å². The lowest BCUT2D eigenvalue weighted by atomic mass is 10.0. The number of nitrogens with one attached hydrogen (secondary N) is 2. The normalized spacial score (nSPS) is 34.1. The van der Waals surface area contributed by atoms with Gasteiger partial charge < -0.3 is 21.1 Å². The van der Waals surface area contributed by atoms with Gasteiger partial charge in [-0.25, -0.2) is 4.79 Å². The number of amides is 1. The van der Waals surface area contributed by atoms with E-state index in [0.29, 0.717) is 18.0 Å². The van der Waals surface area contributed by atoms with Gasteiger partial charge in [0, 0.05) is 18.1 Å². The summed E-state index contributed by atoms with van der Waals surface area (Å²) in [7, 11) is 0. The predicted molar refractivity (Wildman–Crippen MR) is 74.9 cm³/mol. The minimum absolute atomic E-state index is 0.217. The molecule has 0 heterocycles. The molecule has 5 nitrogen and oxygen atoms in total. The van der Waals surface area contributed by atoms with Gasteiger partial charge in [-0.15, -0.1) is 0 Å². The molecule has 0 bridgehead atoms. The molecule has 0 aliphatic heterocycles. The first kappa shape index (κ1) is 14.6. The Morgan fingerprint density at radius 3 is 2.63 bits per heavy atom. The Balaban J connectivity index is 1.68. The standard InChI is InChI=1S/C14H27N3O2/c1-14(2,3)19-13(18)17-12-7-11(12)16-10-6-4-5-9(10)8-15/h9-12,16H,4-8,15H2,1-3H3,(H,17,18). The van der Waals surface area contributed by atoms with Gasteiger partial charge in [0.05, 0.1) is 0 Å². The highest BCUT2D eigenvalue weighted by atomic mass is 16.6. The van der Waals surface area contributed by atoms with Crippen molar-refractivity contribution in [3.8, 4) is 0 Å². The van der Waals surface area contributed by atoms with Gasteiger partial charge >= 0.3 is 6.09 Å². The Kier molecular flexibility index (Phi) is 4.36. The van der Waals surface area contributed by atoms with Crippen molar-refractivity contribution >= 4 is 6.09 Å². The Morgan fingerprint density at radius 2 is 2.00 bits per heavy atom.